The Kier molecular flexibility index (Phi) is 5.20. The van der Waals surface area contributed by atoms with Crippen LogP contribution in [0, 0.1) is 0 Å². The molecule has 1 N–H and O–H groups in total. The molecule has 0 aliphatic carbocycles. The Morgan fingerprint density at radius 2 is 1.68 bits per heavy atom. The fourth-order valence-corrected chi connectivity index (χ4v) is 4.13. The van der Waals surface area contributed by atoms with E-state index in [1.165, 1.54) is 32.4 Å². The molecule has 0 radical (unpaired) electrons. The van der Waals surface area contributed by atoms with Crippen molar-refractivity contribution in [1.82, 2.24) is 0 Å². The highest BCUT2D eigenvalue weighted by Gasteiger charge is 2.20. The average Bonchev–Trinajstić information content (AvgIpc) is 2.48. The number of ether oxygens (including phenoxy) is 2. The number of methoxy groups -OCH3 is 2. The highest BCUT2D eigenvalue weighted by molar-refractivity contribution is 9.10. The zero-order valence-electron chi connectivity index (χ0n) is 11.8. The van der Waals surface area contributed by atoms with Crippen LogP contribution in [0.3, 0.4) is 0 Å². The first-order chi connectivity index (χ1) is 10.4. The van der Waals surface area contributed by atoms with Crippen molar-refractivity contribution in [1.29, 1.82) is 0 Å². The fourth-order valence-electron chi connectivity index (χ4n) is 1.79. The molecule has 0 unspecified atom stereocenters. The molecule has 0 fully saturated rings. The summed E-state index contributed by atoms with van der Waals surface area (Å²) in [7, 11) is -0.861. The summed E-state index contributed by atoms with van der Waals surface area (Å²) in [4.78, 5) is 0.112. The summed E-state index contributed by atoms with van der Waals surface area (Å²) in [6, 6.07) is 9.45. The van der Waals surface area contributed by atoms with E-state index in [1.54, 1.807) is 18.2 Å². The highest BCUT2D eigenvalue weighted by Crippen LogP contribution is 2.37. The van der Waals surface area contributed by atoms with Crippen molar-refractivity contribution in [3.63, 3.8) is 0 Å². The molecule has 118 valence electrons. The maximum atomic E-state index is 12.5. The molecule has 22 heavy (non-hydrogen) atoms. The minimum Gasteiger partial charge on any atom is -0.493 e. The molecule has 2 aromatic carbocycles. The van der Waals surface area contributed by atoms with Crippen molar-refractivity contribution < 1.29 is 17.9 Å². The third-order valence-electron chi connectivity index (χ3n) is 2.84. The summed E-state index contributed by atoms with van der Waals surface area (Å²) >= 11 is 9.31. The summed E-state index contributed by atoms with van der Waals surface area (Å²) in [5.74, 6) is 0.785. The van der Waals surface area contributed by atoms with Crippen molar-refractivity contribution in [3.05, 3.63) is 45.9 Å². The topological polar surface area (TPSA) is 64.6 Å². The van der Waals surface area contributed by atoms with E-state index in [1.807, 2.05) is 0 Å². The Morgan fingerprint density at radius 3 is 2.27 bits per heavy atom. The Balaban J connectivity index is 2.44. The largest absolute Gasteiger partial charge is 0.493 e. The molecule has 0 bridgehead atoms. The predicted molar refractivity (Wildman–Crippen MR) is 89.5 cm³/mol. The molecule has 2 rings (SSSR count). The van der Waals surface area contributed by atoms with Crippen LogP contribution >= 0.6 is 27.5 Å². The number of anilines is 1. The summed E-state index contributed by atoms with van der Waals surface area (Å²) < 4.78 is 38.1. The molecule has 0 heterocycles. The Morgan fingerprint density at radius 1 is 1.09 bits per heavy atom. The second-order valence-electron chi connectivity index (χ2n) is 4.22. The van der Waals surface area contributed by atoms with Crippen LogP contribution < -0.4 is 14.2 Å². The Labute approximate surface area is 142 Å². The van der Waals surface area contributed by atoms with E-state index in [0.717, 1.165) is 0 Å². The van der Waals surface area contributed by atoms with Crippen LogP contribution in [0.2, 0.25) is 5.02 Å². The maximum Gasteiger partial charge on any atom is 0.263 e. The van der Waals surface area contributed by atoms with Gasteiger partial charge in [-0.05, 0) is 28.1 Å². The zero-order valence-corrected chi connectivity index (χ0v) is 14.9. The van der Waals surface area contributed by atoms with Crippen LogP contribution in [0.4, 0.5) is 5.69 Å². The third kappa shape index (κ3) is 3.48. The molecular weight excluding hydrogens is 394 g/mol. The number of benzene rings is 2. The van der Waals surface area contributed by atoms with E-state index in [4.69, 9.17) is 21.1 Å². The summed E-state index contributed by atoms with van der Waals surface area (Å²) in [5.41, 5.74) is 0.204. The van der Waals surface area contributed by atoms with Gasteiger partial charge in [0.05, 0.1) is 24.9 Å². The standard InChI is InChI=1S/C14H13BrClNO4S/c1-20-12-7-10(16)11(8-13(12)21-2)17-22(18,19)14-6-4-3-5-9(14)15/h3-8,17H,1-2H3. The second-order valence-corrected chi connectivity index (χ2v) is 7.14. The number of rotatable bonds is 5. The average molecular weight is 407 g/mol. The molecule has 8 heteroatoms. The van der Waals surface area contributed by atoms with Gasteiger partial charge in [0, 0.05) is 16.6 Å². The van der Waals surface area contributed by atoms with E-state index >= 15 is 0 Å². The third-order valence-corrected chi connectivity index (χ3v) is 5.53. The number of hydrogen-bond donors (Lipinski definition) is 1. The first-order valence-corrected chi connectivity index (χ1v) is 8.73. The van der Waals surface area contributed by atoms with E-state index in [-0.39, 0.29) is 15.6 Å². The van der Waals surface area contributed by atoms with Crippen LogP contribution in [0.5, 0.6) is 11.5 Å². The van der Waals surface area contributed by atoms with Crippen LogP contribution in [0.1, 0.15) is 0 Å². The number of nitrogens with one attached hydrogen (secondary N) is 1. The summed E-state index contributed by atoms with van der Waals surface area (Å²) in [6.45, 7) is 0. The molecule has 0 aliphatic rings. The molecule has 5 nitrogen and oxygen atoms in total. The smallest absolute Gasteiger partial charge is 0.263 e. The van der Waals surface area contributed by atoms with Gasteiger partial charge in [-0.25, -0.2) is 8.42 Å². The Hall–Kier alpha value is -1.44. The molecule has 0 aromatic heterocycles. The quantitative estimate of drug-likeness (QED) is 0.817. The van der Waals surface area contributed by atoms with Gasteiger partial charge in [0.15, 0.2) is 11.5 Å². The first-order valence-electron chi connectivity index (χ1n) is 6.08. The van der Waals surface area contributed by atoms with Gasteiger partial charge in [0.2, 0.25) is 0 Å². The predicted octanol–water partition coefficient (Wildman–Crippen LogP) is 3.92. The minimum atomic E-state index is -3.79. The van der Waals surface area contributed by atoms with E-state index in [0.29, 0.717) is 16.0 Å². The molecule has 0 amide bonds. The van der Waals surface area contributed by atoms with Gasteiger partial charge < -0.3 is 9.47 Å². The SMILES string of the molecule is COc1cc(Cl)c(NS(=O)(=O)c2ccccc2Br)cc1OC. The van der Waals surface area contributed by atoms with Crippen molar-refractivity contribution in [2.45, 2.75) is 4.90 Å². The lowest BCUT2D eigenvalue weighted by atomic mass is 10.3. The number of hydrogen-bond acceptors (Lipinski definition) is 4. The van der Waals surface area contributed by atoms with Crippen LogP contribution in [-0.4, -0.2) is 22.6 Å². The number of sulfonamides is 1. The van der Waals surface area contributed by atoms with Gasteiger partial charge in [-0.1, -0.05) is 23.7 Å². The van der Waals surface area contributed by atoms with Gasteiger partial charge in [0.1, 0.15) is 4.90 Å². The Bertz CT molecular complexity index is 795. The molecular formula is C14H13BrClNO4S. The molecule has 0 atom stereocenters. The van der Waals surface area contributed by atoms with E-state index < -0.39 is 10.0 Å². The minimum absolute atomic E-state index is 0.112. The zero-order chi connectivity index (χ0) is 16.3. The summed E-state index contributed by atoms with van der Waals surface area (Å²) in [5, 5.41) is 0.202. The van der Waals surface area contributed by atoms with Crippen LogP contribution in [0.15, 0.2) is 45.8 Å². The lowest BCUT2D eigenvalue weighted by Gasteiger charge is -2.14. The van der Waals surface area contributed by atoms with Gasteiger partial charge in [-0.15, -0.1) is 0 Å². The van der Waals surface area contributed by atoms with Crippen LogP contribution in [0.25, 0.3) is 0 Å². The first kappa shape index (κ1) is 16.9. The highest BCUT2D eigenvalue weighted by atomic mass is 79.9. The molecule has 0 saturated carbocycles. The van der Waals surface area contributed by atoms with Gasteiger partial charge in [-0.2, -0.15) is 0 Å². The summed E-state index contributed by atoms with van der Waals surface area (Å²) in [6.07, 6.45) is 0. The second kappa shape index (κ2) is 6.76. The van der Waals surface area contributed by atoms with Crippen molar-refractivity contribution in [3.8, 4) is 11.5 Å². The van der Waals surface area contributed by atoms with Crippen molar-refractivity contribution in [2.75, 3.05) is 18.9 Å². The lowest BCUT2D eigenvalue weighted by molar-refractivity contribution is 0.355. The van der Waals surface area contributed by atoms with E-state index in [2.05, 4.69) is 20.7 Å². The number of halogens is 2. The molecule has 0 saturated heterocycles. The van der Waals surface area contributed by atoms with Gasteiger partial charge in [-0.3, -0.25) is 4.72 Å². The van der Waals surface area contributed by atoms with Crippen LogP contribution in [-0.2, 0) is 10.0 Å². The molecule has 0 spiro atoms. The molecule has 0 aliphatic heterocycles. The lowest BCUT2D eigenvalue weighted by Crippen LogP contribution is -2.14. The van der Waals surface area contributed by atoms with Gasteiger partial charge in [0.25, 0.3) is 10.0 Å². The maximum absolute atomic E-state index is 12.5. The van der Waals surface area contributed by atoms with Crippen molar-refractivity contribution in [2.24, 2.45) is 0 Å². The van der Waals surface area contributed by atoms with Gasteiger partial charge >= 0.3 is 0 Å². The van der Waals surface area contributed by atoms with Crippen molar-refractivity contribution >= 4 is 43.2 Å². The molecule has 2 aromatic rings. The normalized spacial score (nSPS) is 11.1. The monoisotopic (exact) mass is 405 g/mol. The fraction of sp³-hybridized carbons (Fsp3) is 0.143. The van der Waals surface area contributed by atoms with E-state index in [9.17, 15) is 8.42 Å².